The molecule has 124 valence electrons. The molecule has 2 amide bonds. The van der Waals surface area contributed by atoms with Crippen LogP contribution in [0.5, 0.6) is 11.5 Å². The zero-order valence-corrected chi connectivity index (χ0v) is 13.5. The third-order valence-electron chi connectivity index (χ3n) is 3.96. The summed E-state index contributed by atoms with van der Waals surface area (Å²) in [5.41, 5.74) is 1.83. The molecule has 0 radical (unpaired) electrons. The summed E-state index contributed by atoms with van der Waals surface area (Å²) < 4.78 is 10.6. The number of hydrogen-bond acceptors (Lipinski definition) is 4. The Bertz CT molecular complexity index is 788. The fraction of sp³-hybridized carbons (Fsp3) is 0.222. The van der Waals surface area contributed by atoms with Crippen LogP contribution >= 0.6 is 0 Å². The second kappa shape index (κ2) is 6.62. The molecule has 1 aliphatic heterocycles. The summed E-state index contributed by atoms with van der Waals surface area (Å²) in [6, 6.07) is 12.6. The molecule has 6 nitrogen and oxygen atoms in total. The highest BCUT2D eigenvalue weighted by Gasteiger charge is 2.27. The van der Waals surface area contributed by atoms with E-state index in [2.05, 4.69) is 5.32 Å². The topological polar surface area (TPSA) is 67.9 Å². The van der Waals surface area contributed by atoms with Crippen LogP contribution in [0.25, 0.3) is 0 Å². The zero-order chi connectivity index (χ0) is 17.1. The number of rotatable bonds is 4. The van der Waals surface area contributed by atoms with Gasteiger partial charge in [0.25, 0.3) is 5.91 Å². The summed E-state index contributed by atoms with van der Waals surface area (Å²) in [6.45, 7) is 0.253. The van der Waals surface area contributed by atoms with Crippen molar-refractivity contribution >= 4 is 17.5 Å². The zero-order valence-electron chi connectivity index (χ0n) is 13.5. The van der Waals surface area contributed by atoms with Gasteiger partial charge in [0.1, 0.15) is 11.5 Å². The summed E-state index contributed by atoms with van der Waals surface area (Å²) in [5, 5.41) is 2.63. The molecule has 2 aromatic carbocycles. The molecule has 2 aromatic rings. The summed E-state index contributed by atoms with van der Waals surface area (Å²) >= 11 is 0. The monoisotopic (exact) mass is 326 g/mol. The third kappa shape index (κ3) is 2.90. The average Bonchev–Trinajstić information content (AvgIpc) is 2.73. The highest BCUT2D eigenvalue weighted by molar-refractivity contribution is 6.09. The number of nitrogens with one attached hydrogen (secondary N) is 1. The molecule has 1 N–H and O–H groups in total. The molecular formula is C18H18N2O4. The van der Waals surface area contributed by atoms with Crippen molar-refractivity contribution in [3.05, 3.63) is 53.6 Å². The van der Waals surface area contributed by atoms with Crippen LogP contribution in [0.1, 0.15) is 15.9 Å². The summed E-state index contributed by atoms with van der Waals surface area (Å²) in [6.07, 6.45) is 0. The lowest BCUT2D eigenvalue weighted by molar-refractivity contribution is -0.117. The van der Waals surface area contributed by atoms with Crippen molar-refractivity contribution in [3.8, 4) is 11.5 Å². The van der Waals surface area contributed by atoms with Crippen LogP contribution in [0.3, 0.4) is 0 Å². The number of fused-ring (bicyclic) bond motifs is 1. The van der Waals surface area contributed by atoms with Crippen molar-refractivity contribution in [2.75, 3.05) is 25.7 Å². The third-order valence-corrected chi connectivity index (χ3v) is 3.96. The second-order valence-electron chi connectivity index (χ2n) is 5.36. The largest absolute Gasteiger partial charge is 0.497 e. The number of benzene rings is 2. The Kier molecular flexibility index (Phi) is 4.37. The molecule has 6 heteroatoms. The smallest absolute Gasteiger partial charge is 0.253 e. The Balaban J connectivity index is 2.07. The van der Waals surface area contributed by atoms with Gasteiger partial charge < -0.3 is 19.7 Å². The number of amides is 2. The van der Waals surface area contributed by atoms with Crippen molar-refractivity contribution in [2.24, 2.45) is 0 Å². The maximum Gasteiger partial charge on any atom is 0.253 e. The lowest BCUT2D eigenvalue weighted by atomic mass is 10.1. The van der Waals surface area contributed by atoms with E-state index in [-0.39, 0.29) is 18.4 Å². The number of ether oxygens (including phenoxy) is 2. The van der Waals surface area contributed by atoms with E-state index >= 15 is 0 Å². The molecule has 3 rings (SSSR count). The van der Waals surface area contributed by atoms with Gasteiger partial charge in [-0.25, -0.2) is 0 Å². The molecule has 0 fully saturated rings. The summed E-state index contributed by atoms with van der Waals surface area (Å²) in [4.78, 5) is 26.3. The fourth-order valence-corrected chi connectivity index (χ4v) is 2.71. The second-order valence-corrected chi connectivity index (χ2v) is 5.36. The van der Waals surface area contributed by atoms with Crippen LogP contribution in [0.2, 0.25) is 0 Å². The Hall–Kier alpha value is -3.02. The van der Waals surface area contributed by atoms with Crippen molar-refractivity contribution < 1.29 is 19.1 Å². The van der Waals surface area contributed by atoms with Crippen molar-refractivity contribution in [1.82, 2.24) is 5.32 Å². The number of anilines is 1. The summed E-state index contributed by atoms with van der Waals surface area (Å²) in [5.74, 6) is 0.810. The fourth-order valence-electron chi connectivity index (χ4n) is 2.71. The first kappa shape index (κ1) is 15.9. The number of para-hydroxylation sites is 1. The van der Waals surface area contributed by atoms with Crippen LogP contribution in [-0.2, 0) is 11.3 Å². The highest BCUT2D eigenvalue weighted by Crippen LogP contribution is 2.30. The van der Waals surface area contributed by atoms with Gasteiger partial charge in [-0.1, -0.05) is 18.2 Å². The molecule has 0 aromatic heterocycles. The number of hydrogen-bond donors (Lipinski definition) is 1. The molecule has 0 unspecified atom stereocenters. The molecule has 1 heterocycles. The van der Waals surface area contributed by atoms with Gasteiger partial charge in [0, 0.05) is 11.6 Å². The maximum atomic E-state index is 12.6. The minimum absolute atomic E-state index is 0.0506. The predicted molar refractivity (Wildman–Crippen MR) is 89.5 cm³/mol. The van der Waals surface area contributed by atoms with E-state index < -0.39 is 0 Å². The molecular weight excluding hydrogens is 308 g/mol. The number of methoxy groups -OCH3 is 2. The van der Waals surface area contributed by atoms with Gasteiger partial charge >= 0.3 is 0 Å². The Morgan fingerprint density at radius 1 is 1.08 bits per heavy atom. The van der Waals surface area contributed by atoms with Gasteiger partial charge in [-0.15, -0.1) is 0 Å². The number of carbonyl (C=O) groups is 2. The molecule has 1 aliphatic rings. The van der Waals surface area contributed by atoms with Crippen molar-refractivity contribution in [1.29, 1.82) is 0 Å². The lowest BCUT2D eigenvalue weighted by Gasteiger charge is -2.23. The van der Waals surface area contributed by atoms with Crippen LogP contribution in [0.15, 0.2) is 42.5 Å². The van der Waals surface area contributed by atoms with Crippen LogP contribution in [-0.4, -0.2) is 32.6 Å². The minimum atomic E-state index is -0.275. The maximum absolute atomic E-state index is 12.6. The number of carbonyl (C=O) groups excluding carboxylic acids is 2. The molecule has 0 bridgehead atoms. The van der Waals surface area contributed by atoms with Crippen LogP contribution in [0, 0.1) is 0 Å². The van der Waals surface area contributed by atoms with Crippen LogP contribution < -0.4 is 19.7 Å². The van der Waals surface area contributed by atoms with Gasteiger partial charge in [-0.05, 0) is 18.2 Å². The van der Waals surface area contributed by atoms with E-state index in [1.165, 1.54) is 0 Å². The van der Waals surface area contributed by atoms with Gasteiger partial charge in [0.05, 0.1) is 38.6 Å². The predicted octanol–water partition coefficient (Wildman–Crippen LogP) is 1.98. The van der Waals surface area contributed by atoms with E-state index in [1.807, 2.05) is 24.3 Å². The molecule has 0 saturated carbocycles. The Morgan fingerprint density at radius 2 is 1.88 bits per heavy atom. The molecule has 0 aliphatic carbocycles. The van der Waals surface area contributed by atoms with E-state index in [0.29, 0.717) is 29.3 Å². The molecule has 0 saturated heterocycles. The highest BCUT2D eigenvalue weighted by atomic mass is 16.5. The normalized spacial score (nSPS) is 13.8. The van der Waals surface area contributed by atoms with E-state index in [4.69, 9.17) is 9.47 Å². The Morgan fingerprint density at radius 3 is 2.62 bits per heavy atom. The van der Waals surface area contributed by atoms with E-state index in [1.54, 1.807) is 37.3 Å². The minimum Gasteiger partial charge on any atom is -0.497 e. The van der Waals surface area contributed by atoms with E-state index in [0.717, 1.165) is 5.56 Å². The molecule has 24 heavy (non-hydrogen) atoms. The first-order valence-electron chi connectivity index (χ1n) is 7.52. The van der Waals surface area contributed by atoms with Crippen molar-refractivity contribution in [3.63, 3.8) is 0 Å². The number of nitrogens with zero attached hydrogens (tertiary/aromatic N) is 1. The first-order valence-corrected chi connectivity index (χ1v) is 7.52. The molecule has 0 spiro atoms. The van der Waals surface area contributed by atoms with Crippen LogP contribution in [0.4, 0.5) is 5.69 Å². The molecule has 0 atom stereocenters. The SMILES string of the molecule is COc1ccc2c(c1)N(Cc1ccccc1OC)C(=O)CNC2=O. The van der Waals surface area contributed by atoms with Gasteiger partial charge in [-0.3, -0.25) is 9.59 Å². The quantitative estimate of drug-likeness (QED) is 0.933. The van der Waals surface area contributed by atoms with Gasteiger partial charge in [0.15, 0.2) is 0 Å². The lowest BCUT2D eigenvalue weighted by Crippen LogP contribution is -2.36. The van der Waals surface area contributed by atoms with Crippen molar-refractivity contribution in [2.45, 2.75) is 6.54 Å². The summed E-state index contributed by atoms with van der Waals surface area (Å²) in [7, 11) is 3.13. The standard InChI is InChI=1S/C18H18N2O4/c1-23-13-7-8-14-15(9-13)20(17(21)10-19-18(14)22)11-12-5-3-4-6-16(12)24-2/h3-9H,10-11H2,1-2H3,(H,19,22). The van der Waals surface area contributed by atoms with E-state index in [9.17, 15) is 9.59 Å². The first-order chi connectivity index (χ1) is 11.6. The average molecular weight is 326 g/mol. The van der Waals surface area contributed by atoms with Gasteiger partial charge in [0.2, 0.25) is 5.91 Å². The Labute approximate surface area is 140 Å². The van der Waals surface area contributed by atoms with Gasteiger partial charge in [-0.2, -0.15) is 0 Å².